The number of benzene rings is 1. The van der Waals surface area contributed by atoms with Gasteiger partial charge < -0.3 is 20.9 Å². The zero-order valence-electron chi connectivity index (χ0n) is 21.4. The minimum absolute atomic E-state index is 0.0452. The van der Waals surface area contributed by atoms with Crippen molar-refractivity contribution < 1.29 is 42.2 Å². The SMILES string of the molecule is COC(=O)c1ccc(C(=O)C(C)(C)[C@H](N)C(=O)[C@]2(C(=O)NC(C(C)C)C(O)C(F)(F)F)CCCN2)cc1. The lowest BCUT2D eigenvalue weighted by molar-refractivity contribution is -0.215. The van der Waals surface area contributed by atoms with Crippen LogP contribution in [-0.2, 0) is 14.3 Å². The van der Waals surface area contributed by atoms with Gasteiger partial charge in [-0.1, -0.05) is 39.8 Å². The third kappa shape index (κ3) is 6.19. The molecule has 1 aliphatic rings. The summed E-state index contributed by atoms with van der Waals surface area (Å²) in [6.07, 6.45) is -7.51. The minimum Gasteiger partial charge on any atom is -0.465 e. The fraction of sp³-hybridized carbons (Fsp3) is 0.600. The highest BCUT2D eigenvalue weighted by Gasteiger charge is 2.55. The first kappa shape index (κ1) is 30.4. The maximum Gasteiger partial charge on any atom is 0.416 e. The van der Waals surface area contributed by atoms with Crippen LogP contribution in [0.3, 0.4) is 0 Å². The molecule has 206 valence electrons. The highest BCUT2D eigenvalue weighted by Crippen LogP contribution is 2.32. The molecule has 1 saturated heterocycles. The Balaban J connectivity index is 2.33. The second-order valence-electron chi connectivity index (χ2n) is 10.1. The van der Waals surface area contributed by atoms with Crippen LogP contribution < -0.4 is 16.4 Å². The van der Waals surface area contributed by atoms with Gasteiger partial charge in [0.2, 0.25) is 5.91 Å². The van der Waals surface area contributed by atoms with Gasteiger partial charge in [-0.05, 0) is 37.4 Å². The molecule has 1 aromatic rings. The largest absolute Gasteiger partial charge is 0.465 e. The van der Waals surface area contributed by atoms with Crippen molar-refractivity contribution in [2.45, 2.75) is 70.4 Å². The molecular weight excluding hydrogens is 495 g/mol. The number of methoxy groups -OCH3 is 1. The third-order valence-corrected chi connectivity index (χ3v) is 6.87. The van der Waals surface area contributed by atoms with E-state index >= 15 is 0 Å². The number of carbonyl (C=O) groups excluding carboxylic acids is 4. The fourth-order valence-electron chi connectivity index (χ4n) is 4.33. The zero-order valence-corrected chi connectivity index (χ0v) is 21.4. The number of ketones is 2. The molecule has 0 spiro atoms. The van der Waals surface area contributed by atoms with Crippen molar-refractivity contribution in [3.05, 3.63) is 35.4 Å². The summed E-state index contributed by atoms with van der Waals surface area (Å²) in [5.41, 5.74) is 3.14. The van der Waals surface area contributed by atoms with Crippen LogP contribution in [0.15, 0.2) is 24.3 Å². The number of nitrogens with one attached hydrogen (secondary N) is 2. The lowest BCUT2D eigenvalue weighted by Crippen LogP contribution is -2.68. The molecule has 9 nitrogen and oxygen atoms in total. The predicted octanol–water partition coefficient (Wildman–Crippen LogP) is 1.76. The summed E-state index contributed by atoms with van der Waals surface area (Å²) < 4.78 is 44.2. The monoisotopic (exact) mass is 529 g/mol. The quantitative estimate of drug-likeness (QED) is 0.204. The minimum atomic E-state index is -4.99. The first-order chi connectivity index (χ1) is 17.0. The molecule has 1 aromatic carbocycles. The number of aliphatic hydroxyl groups excluding tert-OH is 1. The Bertz CT molecular complexity index is 1020. The van der Waals surface area contributed by atoms with Crippen molar-refractivity contribution >= 4 is 23.4 Å². The number of hydrogen-bond donors (Lipinski definition) is 4. The van der Waals surface area contributed by atoms with Crippen LogP contribution >= 0.6 is 0 Å². The van der Waals surface area contributed by atoms with Gasteiger partial charge in [-0.2, -0.15) is 13.2 Å². The van der Waals surface area contributed by atoms with E-state index in [0.717, 1.165) is 0 Å². The van der Waals surface area contributed by atoms with Gasteiger partial charge in [0, 0.05) is 5.56 Å². The van der Waals surface area contributed by atoms with Crippen molar-refractivity contribution in [2.75, 3.05) is 13.7 Å². The van der Waals surface area contributed by atoms with Crippen molar-refractivity contribution in [2.24, 2.45) is 17.1 Å². The van der Waals surface area contributed by atoms with E-state index in [1.807, 2.05) is 0 Å². The molecule has 1 fully saturated rings. The van der Waals surface area contributed by atoms with E-state index < -0.39 is 64.7 Å². The van der Waals surface area contributed by atoms with Crippen LogP contribution in [0.25, 0.3) is 0 Å². The molecule has 4 atom stereocenters. The Kier molecular flexibility index (Phi) is 9.26. The predicted molar refractivity (Wildman–Crippen MR) is 128 cm³/mol. The maximum absolute atomic E-state index is 13.6. The molecule has 1 aliphatic heterocycles. The number of halogens is 3. The molecule has 1 heterocycles. The molecule has 37 heavy (non-hydrogen) atoms. The normalized spacial score (nSPS) is 20.7. The number of amides is 1. The first-order valence-electron chi connectivity index (χ1n) is 11.8. The van der Waals surface area contributed by atoms with Gasteiger partial charge in [0.25, 0.3) is 0 Å². The number of alkyl halides is 3. The molecule has 0 bridgehead atoms. The van der Waals surface area contributed by atoms with Gasteiger partial charge in [-0.15, -0.1) is 0 Å². The van der Waals surface area contributed by atoms with Gasteiger partial charge in [-0.3, -0.25) is 19.7 Å². The highest BCUT2D eigenvalue weighted by atomic mass is 19.4. The Labute approximate surface area is 213 Å². The molecule has 0 aromatic heterocycles. The Morgan fingerprint density at radius 2 is 1.65 bits per heavy atom. The third-order valence-electron chi connectivity index (χ3n) is 6.87. The summed E-state index contributed by atoms with van der Waals surface area (Å²) in [5, 5.41) is 14.8. The Morgan fingerprint density at radius 1 is 1.11 bits per heavy atom. The summed E-state index contributed by atoms with van der Waals surface area (Å²) in [4.78, 5) is 51.9. The van der Waals surface area contributed by atoms with Crippen molar-refractivity contribution in [3.63, 3.8) is 0 Å². The average Bonchev–Trinajstić information content (AvgIpc) is 3.35. The standard InChI is InChI=1S/C25H34F3N3O6/c1-13(2)16(19(33)25(26,27)28)31-22(36)24(11-6-12-30-24)20(34)17(29)23(3,4)18(32)14-7-9-15(10-8-14)21(35)37-5/h7-10,13,16-17,19,30,33H,6,11-12,29H2,1-5H3,(H,31,36)/t16?,17-,19?,24+/m1/s1. The van der Waals surface area contributed by atoms with Gasteiger partial charge in [0.1, 0.15) is 0 Å². The first-order valence-corrected chi connectivity index (χ1v) is 11.8. The maximum atomic E-state index is 13.6. The Morgan fingerprint density at radius 3 is 2.08 bits per heavy atom. The second-order valence-corrected chi connectivity index (χ2v) is 10.1. The molecular formula is C25H34F3N3O6. The van der Waals surface area contributed by atoms with E-state index in [2.05, 4.69) is 15.4 Å². The lowest BCUT2D eigenvalue weighted by Gasteiger charge is -2.37. The number of rotatable bonds is 10. The van der Waals surface area contributed by atoms with Gasteiger partial charge in [-0.25, -0.2) is 4.79 Å². The van der Waals surface area contributed by atoms with Crippen LogP contribution in [0.4, 0.5) is 13.2 Å². The lowest BCUT2D eigenvalue weighted by atomic mass is 9.71. The van der Waals surface area contributed by atoms with E-state index in [9.17, 15) is 37.5 Å². The second kappa shape index (κ2) is 11.3. The number of ether oxygens (including phenoxy) is 1. The summed E-state index contributed by atoms with van der Waals surface area (Å²) in [7, 11) is 1.21. The summed E-state index contributed by atoms with van der Waals surface area (Å²) in [5.74, 6) is -3.84. The number of carbonyl (C=O) groups is 4. The van der Waals surface area contributed by atoms with E-state index in [0.29, 0.717) is 6.42 Å². The van der Waals surface area contributed by atoms with Gasteiger partial charge in [0.05, 0.1) is 30.2 Å². The van der Waals surface area contributed by atoms with E-state index in [4.69, 9.17) is 5.73 Å². The zero-order chi connectivity index (χ0) is 28.3. The number of nitrogens with two attached hydrogens (primary N) is 1. The molecule has 2 unspecified atom stereocenters. The summed E-state index contributed by atoms with van der Waals surface area (Å²) in [6.45, 7) is 5.88. The van der Waals surface area contributed by atoms with E-state index in [1.54, 1.807) is 0 Å². The van der Waals surface area contributed by atoms with Gasteiger partial charge >= 0.3 is 12.1 Å². The number of esters is 1. The van der Waals surface area contributed by atoms with Crippen molar-refractivity contribution in [1.82, 2.24) is 10.6 Å². The van der Waals surface area contributed by atoms with Gasteiger partial charge in [0.15, 0.2) is 23.2 Å². The number of Topliss-reactive ketones (excluding diaryl/α,β-unsaturated/α-hetero) is 2. The molecule has 0 radical (unpaired) electrons. The number of aliphatic hydroxyl groups is 1. The fourth-order valence-corrected chi connectivity index (χ4v) is 4.33. The topological polar surface area (TPSA) is 148 Å². The van der Waals surface area contributed by atoms with Crippen LogP contribution in [0, 0.1) is 11.3 Å². The summed E-state index contributed by atoms with van der Waals surface area (Å²) in [6, 6.07) is 2.31. The average molecular weight is 530 g/mol. The number of hydrogen-bond acceptors (Lipinski definition) is 8. The Hall–Kier alpha value is -2.83. The molecule has 12 heteroatoms. The van der Waals surface area contributed by atoms with Crippen molar-refractivity contribution in [3.8, 4) is 0 Å². The van der Waals surface area contributed by atoms with Crippen LogP contribution in [0.5, 0.6) is 0 Å². The molecule has 1 amide bonds. The van der Waals surface area contributed by atoms with E-state index in [-0.39, 0.29) is 24.1 Å². The molecule has 0 aliphatic carbocycles. The van der Waals surface area contributed by atoms with Crippen LogP contribution in [-0.4, -0.2) is 72.1 Å². The molecule has 5 N–H and O–H groups in total. The van der Waals surface area contributed by atoms with Crippen LogP contribution in [0.1, 0.15) is 61.3 Å². The molecule has 2 rings (SSSR count). The van der Waals surface area contributed by atoms with Crippen molar-refractivity contribution in [1.29, 1.82) is 0 Å². The highest BCUT2D eigenvalue weighted by molar-refractivity contribution is 6.15. The van der Waals surface area contributed by atoms with Crippen LogP contribution in [0.2, 0.25) is 0 Å². The molecule has 0 saturated carbocycles. The van der Waals surface area contributed by atoms with E-state index in [1.165, 1.54) is 59.1 Å². The summed E-state index contributed by atoms with van der Waals surface area (Å²) >= 11 is 0. The smallest absolute Gasteiger partial charge is 0.416 e.